The molecule has 1 unspecified atom stereocenters. The summed E-state index contributed by atoms with van der Waals surface area (Å²) in [6.45, 7) is 4.06. The van der Waals surface area contributed by atoms with E-state index in [1.807, 2.05) is 43.3 Å². The molecule has 0 amide bonds. The normalized spacial score (nSPS) is 13.8. The lowest BCUT2D eigenvalue weighted by Crippen LogP contribution is -2.36. The maximum atomic E-state index is 6.50. The number of benzene rings is 2. The number of hydrogen-bond acceptors (Lipinski definition) is 2. The first kappa shape index (κ1) is 14.9. The second-order valence-electron chi connectivity index (χ2n) is 5.39. The minimum atomic E-state index is -0.542. The molecule has 2 nitrogen and oxygen atoms in total. The highest BCUT2D eigenvalue weighted by Gasteiger charge is 2.25. The summed E-state index contributed by atoms with van der Waals surface area (Å²) in [6.07, 6.45) is 0.668. The second-order valence-corrected chi connectivity index (χ2v) is 5.80. The van der Waals surface area contributed by atoms with Crippen molar-refractivity contribution in [1.29, 1.82) is 0 Å². The maximum absolute atomic E-state index is 6.50. The van der Waals surface area contributed by atoms with Crippen LogP contribution in [0.2, 0.25) is 5.02 Å². The molecule has 2 aromatic carbocycles. The van der Waals surface area contributed by atoms with Crippen LogP contribution >= 0.6 is 11.6 Å². The van der Waals surface area contributed by atoms with Crippen LogP contribution in [0.15, 0.2) is 42.5 Å². The van der Waals surface area contributed by atoms with Gasteiger partial charge in [0.2, 0.25) is 0 Å². The molecule has 0 radical (unpaired) electrons. The molecule has 0 saturated carbocycles. The molecular weight excluding hydrogens is 270 g/mol. The average Bonchev–Trinajstić information content (AvgIpc) is 2.39. The Morgan fingerprint density at radius 3 is 2.55 bits per heavy atom. The van der Waals surface area contributed by atoms with Gasteiger partial charge in [-0.15, -0.1) is 0 Å². The highest BCUT2D eigenvalue weighted by molar-refractivity contribution is 6.31. The standard InChI is InChI=1S/C17H20ClNO/c1-12-8-9-16(20-3)13(10-12)11-17(2,19)14-6-4-5-7-15(14)18/h4-10H,11,19H2,1-3H3. The van der Waals surface area contributed by atoms with Gasteiger partial charge in [-0.05, 0) is 43.5 Å². The molecular formula is C17H20ClNO. The van der Waals surface area contributed by atoms with Crippen molar-refractivity contribution in [2.75, 3.05) is 7.11 Å². The summed E-state index contributed by atoms with van der Waals surface area (Å²) in [5.41, 5.74) is 9.20. The molecule has 0 saturated heterocycles. The van der Waals surface area contributed by atoms with Gasteiger partial charge in [0, 0.05) is 10.6 Å². The van der Waals surface area contributed by atoms with E-state index in [9.17, 15) is 0 Å². The predicted octanol–water partition coefficient (Wildman–Crippen LogP) is 4.07. The maximum Gasteiger partial charge on any atom is 0.122 e. The number of ether oxygens (including phenoxy) is 1. The molecule has 2 aromatic rings. The Hall–Kier alpha value is -1.51. The fraction of sp³-hybridized carbons (Fsp3) is 0.294. The Morgan fingerprint density at radius 1 is 1.20 bits per heavy atom. The molecule has 2 rings (SSSR count). The third-order valence-electron chi connectivity index (χ3n) is 3.48. The molecule has 0 aliphatic rings. The number of aryl methyl sites for hydroxylation is 1. The molecule has 0 bridgehead atoms. The zero-order valence-electron chi connectivity index (χ0n) is 12.1. The van der Waals surface area contributed by atoms with Crippen LogP contribution < -0.4 is 10.5 Å². The lowest BCUT2D eigenvalue weighted by molar-refractivity contribution is 0.399. The van der Waals surface area contributed by atoms with Crippen molar-refractivity contribution in [3.05, 3.63) is 64.2 Å². The largest absolute Gasteiger partial charge is 0.496 e. The van der Waals surface area contributed by atoms with Crippen molar-refractivity contribution in [3.63, 3.8) is 0 Å². The molecule has 0 aliphatic heterocycles. The summed E-state index contributed by atoms with van der Waals surface area (Å²) in [4.78, 5) is 0. The summed E-state index contributed by atoms with van der Waals surface area (Å²) >= 11 is 6.27. The third kappa shape index (κ3) is 3.14. The minimum absolute atomic E-state index is 0.542. The Morgan fingerprint density at radius 2 is 1.90 bits per heavy atom. The third-order valence-corrected chi connectivity index (χ3v) is 3.81. The molecule has 106 valence electrons. The fourth-order valence-corrected chi connectivity index (χ4v) is 2.81. The highest BCUT2D eigenvalue weighted by atomic mass is 35.5. The van der Waals surface area contributed by atoms with Gasteiger partial charge in [0.05, 0.1) is 7.11 Å². The average molecular weight is 290 g/mol. The number of hydrogen-bond donors (Lipinski definition) is 1. The SMILES string of the molecule is COc1ccc(C)cc1CC(C)(N)c1ccccc1Cl. The van der Waals surface area contributed by atoms with Crippen LogP contribution in [0.25, 0.3) is 0 Å². The minimum Gasteiger partial charge on any atom is -0.496 e. The van der Waals surface area contributed by atoms with Crippen LogP contribution in [0.1, 0.15) is 23.6 Å². The molecule has 1 atom stereocenters. The van der Waals surface area contributed by atoms with Gasteiger partial charge in [-0.3, -0.25) is 0 Å². The van der Waals surface area contributed by atoms with Crippen molar-refractivity contribution >= 4 is 11.6 Å². The van der Waals surface area contributed by atoms with E-state index in [2.05, 4.69) is 13.0 Å². The molecule has 20 heavy (non-hydrogen) atoms. The van der Waals surface area contributed by atoms with E-state index >= 15 is 0 Å². The van der Waals surface area contributed by atoms with Gasteiger partial charge in [-0.1, -0.05) is 47.5 Å². The monoisotopic (exact) mass is 289 g/mol. The Kier molecular flexibility index (Phi) is 4.36. The number of methoxy groups -OCH3 is 1. The zero-order chi connectivity index (χ0) is 14.8. The zero-order valence-corrected chi connectivity index (χ0v) is 12.9. The van der Waals surface area contributed by atoms with Crippen molar-refractivity contribution in [3.8, 4) is 5.75 Å². The molecule has 2 N–H and O–H groups in total. The lowest BCUT2D eigenvalue weighted by atomic mass is 9.86. The van der Waals surface area contributed by atoms with E-state index in [0.29, 0.717) is 11.4 Å². The van der Waals surface area contributed by atoms with Gasteiger partial charge in [0.15, 0.2) is 0 Å². The first-order valence-corrected chi connectivity index (χ1v) is 6.99. The van der Waals surface area contributed by atoms with E-state index < -0.39 is 5.54 Å². The lowest BCUT2D eigenvalue weighted by Gasteiger charge is -2.27. The van der Waals surface area contributed by atoms with Crippen LogP contribution in [0.4, 0.5) is 0 Å². The Labute approximate surface area is 125 Å². The van der Waals surface area contributed by atoms with Crippen molar-refractivity contribution < 1.29 is 4.74 Å². The molecule has 0 fully saturated rings. The van der Waals surface area contributed by atoms with Crippen LogP contribution in [0.3, 0.4) is 0 Å². The van der Waals surface area contributed by atoms with Gasteiger partial charge < -0.3 is 10.5 Å². The summed E-state index contributed by atoms with van der Waals surface area (Å²) in [7, 11) is 1.68. The predicted molar refractivity (Wildman–Crippen MR) is 84.4 cm³/mol. The summed E-state index contributed by atoms with van der Waals surface area (Å²) < 4.78 is 5.42. The fourth-order valence-electron chi connectivity index (χ4n) is 2.46. The molecule has 0 aliphatic carbocycles. The van der Waals surface area contributed by atoms with Crippen molar-refractivity contribution in [2.24, 2.45) is 5.73 Å². The molecule has 3 heteroatoms. The Bertz CT molecular complexity index is 608. The van der Waals surface area contributed by atoms with E-state index in [0.717, 1.165) is 16.9 Å². The first-order chi connectivity index (χ1) is 9.44. The van der Waals surface area contributed by atoms with Crippen LogP contribution in [-0.4, -0.2) is 7.11 Å². The highest BCUT2D eigenvalue weighted by Crippen LogP contribution is 2.32. The van der Waals surface area contributed by atoms with Crippen LogP contribution in [0.5, 0.6) is 5.75 Å². The smallest absolute Gasteiger partial charge is 0.122 e. The van der Waals surface area contributed by atoms with Crippen molar-refractivity contribution in [1.82, 2.24) is 0 Å². The summed E-state index contributed by atoms with van der Waals surface area (Å²) in [5.74, 6) is 0.860. The second kappa shape index (κ2) is 5.86. The van der Waals surface area contributed by atoms with E-state index in [-0.39, 0.29) is 0 Å². The van der Waals surface area contributed by atoms with Gasteiger partial charge in [0.25, 0.3) is 0 Å². The molecule has 0 heterocycles. The van der Waals surface area contributed by atoms with Crippen molar-refractivity contribution in [2.45, 2.75) is 25.8 Å². The summed E-state index contributed by atoms with van der Waals surface area (Å²) in [6, 6.07) is 13.8. The van der Waals surface area contributed by atoms with Gasteiger partial charge in [-0.2, -0.15) is 0 Å². The number of nitrogens with two attached hydrogens (primary N) is 1. The van der Waals surface area contributed by atoms with E-state index in [1.165, 1.54) is 5.56 Å². The van der Waals surface area contributed by atoms with E-state index in [1.54, 1.807) is 7.11 Å². The number of halogens is 1. The Balaban J connectivity index is 2.38. The first-order valence-electron chi connectivity index (χ1n) is 6.61. The van der Waals surface area contributed by atoms with Gasteiger partial charge in [-0.25, -0.2) is 0 Å². The van der Waals surface area contributed by atoms with Gasteiger partial charge in [0.1, 0.15) is 5.75 Å². The van der Waals surface area contributed by atoms with Crippen LogP contribution in [0, 0.1) is 6.92 Å². The van der Waals surface area contributed by atoms with E-state index in [4.69, 9.17) is 22.1 Å². The summed E-state index contributed by atoms with van der Waals surface area (Å²) in [5, 5.41) is 0.698. The molecule has 0 spiro atoms. The van der Waals surface area contributed by atoms with Gasteiger partial charge >= 0.3 is 0 Å². The number of rotatable bonds is 4. The molecule has 0 aromatic heterocycles. The topological polar surface area (TPSA) is 35.2 Å². The van der Waals surface area contributed by atoms with Crippen LogP contribution in [-0.2, 0) is 12.0 Å². The quantitative estimate of drug-likeness (QED) is 0.921.